The van der Waals surface area contributed by atoms with Gasteiger partial charge in [-0.3, -0.25) is 0 Å². The third-order valence-electron chi connectivity index (χ3n) is 2.65. The Bertz CT molecular complexity index is 528. The van der Waals surface area contributed by atoms with Gasteiger partial charge in [-0.2, -0.15) is 9.36 Å². The monoisotopic (exact) mass is 325 g/mol. The Labute approximate surface area is 120 Å². The summed E-state index contributed by atoms with van der Waals surface area (Å²) >= 11 is 4.99. The molecular weight excluding hydrogens is 310 g/mol. The van der Waals surface area contributed by atoms with Crippen molar-refractivity contribution in [2.75, 3.05) is 11.9 Å². The molecule has 2 aromatic rings. The second-order valence-electron chi connectivity index (χ2n) is 4.27. The number of nitrogens with zero attached hydrogens (tertiary/aromatic N) is 2. The number of nitrogens with one attached hydrogen (secondary N) is 1. The van der Waals surface area contributed by atoms with Gasteiger partial charge in [0.05, 0.1) is 0 Å². The van der Waals surface area contributed by atoms with Crippen molar-refractivity contribution in [1.29, 1.82) is 0 Å². The molecule has 96 valence electrons. The van der Waals surface area contributed by atoms with Crippen LogP contribution in [0.5, 0.6) is 0 Å². The zero-order valence-corrected chi connectivity index (χ0v) is 13.2. The predicted molar refractivity (Wildman–Crippen MR) is 81.3 cm³/mol. The van der Waals surface area contributed by atoms with Gasteiger partial charge >= 0.3 is 0 Å². The number of aryl methyl sites for hydroxylation is 2. The molecule has 0 saturated carbocycles. The van der Waals surface area contributed by atoms with Gasteiger partial charge in [0.25, 0.3) is 0 Å². The fourth-order valence-electron chi connectivity index (χ4n) is 1.72. The van der Waals surface area contributed by atoms with Gasteiger partial charge in [0.2, 0.25) is 5.13 Å². The normalized spacial score (nSPS) is 10.7. The maximum atomic E-state index is 4.51. The Morgan fingerprint density at radius 2 is 1.94 bits per heavy atom. The van der Waals surface area contributed by atoms with Crippen LogP contribution in [0.4, 0.5) is 5.13 Å². The van der Waals surface area contributed by atoms with Crippen molar-refractivity contribution in [3.05, 3.63) is 27.7 Å². The SMILES string of the molecule is CCCNc1nc(-c2cc(C)c(Br)c(C)c2)ns1. The summed E-state index contributed by atoms with van der Waals surface area (Å²) in [6.45, 7) is 7.25. The molecule has 0 fully saturated rings. The van der Waals surface area contributed by atoms with E-state index in [0.717, 1.165) is 34.0 Å². The van der Waals surface area contributed by atoms with Crippen LogP contribution >= 0.6 is 27.5 Å². The fourth-order valence-corrected chi connectivity index (χ4v) is 2.56. The van der Waals surface area contributed by atoms with Crippen molar-refractivity contribution in [1.82, 2.24) is 9.36 Å². The Morgan fingerprint density at radius 3 is 2.56 bits per heavy atom. The van der Waals surface area contributed by atoms with E-state index in [1.54, 1.807) is 0 Å². The first kappa shape index (κ1) is 13.5. The summed E-state index contributed by atoms with van der Waals surface area (Å²) in [5.41, 5.74) is 3.50. The van der Waals surface area contributed by atoms with Crippen LogP contribution in [0.25, 0.3) is 11.4 Å². The van der Waals surface area contributed by atoms with E-state index < -0.39 is 0 Å². The van der Waals surface area contributed by atoms with Gasteiger partial charge in [-0.05, 0) is 43.5 Å². The van der Waals surface area contributed by atoms with Gasteiger partial charge in [-0.15, -0.1) is 0 Å². The molecule has 1 heterocycles. The minimum absolute atomic E-state index is 0.803. The summed E-state index contributed by atoms with van der Waals surface area (Å²) in [6, 6.07) is 4.23. The largest absolute Gasteiger partial charge is 0.360 e. The van der Waals surface area contributed by atoms with E-state index in [0.29, 0.717) is 0 Å². The smallest absolute Gasteiger partial charge is 0.202 e. The van der Waals surface area contributed by atoms with Crippen LogP contribution in [0.1, 0.15) is 24.5 Å². The van der Waals surface area contributed by atoms with E-state index in [2.05, 4.69) is 63.5 Å². The molecule has 1 aromatic carbocycles. The summed E-state index contributed by atoms with van der Waals surface area (Å²) < 4.78 is 5.56. The molecule has 3 nitrogen and oxygen atoms in total. The first-order valence-electron chi connectivity index (χ1n) is 5.96. The minimum Gasteiger partial charge on any atom is -0.360 e. The molecule has 2 rings (SSSR count). The molecule has 0 radical (unpaired) electrons. The van der Waals surface area contributed by atoms with Gasteiger partial charge in [-0.1, -0.05) is 22.9 Å². The number of aromatic nitrogens is 2. The zero-order valence-electron chi connectivity index (χ0n) is 10.7. The lowest BCUT2D eigenvalue weighted by atomic mass is 10.1. The van der Waals surface area contributed by atoms with E-state index in [9.17, 15) is 0 Å². The quantitative estimate of drug-likeness (QED) is 0.904. The fraction of sp³-hybridized carbons (Fsp3) is 0.385. The summed E-state index contributed by atoms with van der Waals surface area (Å²) in [7, 11) is 0. The highest BCUT2D eigenvalue weighted by Gasteiger charge is 2.09. The van der Waals surface area contributed by atoms with Crippen LogP contribution < -0.4 is 5.32 Å². The summed E-state index contributed by atoms with van der Waals surface area (Å²) in [4.78, 5) is 4.51. The number of anilines is 1. The molecule has 18 heavy (non-hydrogen) atoms. The molecule has 0 spiro atoms. The molecule has 0 unspecified atom stereocenters. The first-order valence-corrected chi connectivity index (χ1v) is 7.53. The van der Waals surface area contributed by atoms with E-state index in [4.69, 9.17) is 0 Å². The lowest BCUT2D eigenvalue weighted by Crippen LogP contribution is -1.98. The minimum atomic E-state index is 0.803. The zero-order chi connectivity index (χ0) is 13.1. The van der Waals surface area contributed by atoms with Crippen LogP contribution in [0.2, 0.25) is 0 Å². The third kappa shape index (κ3) is 2.90. The van der Waals surface area contributed by atoms with Crippen molar-refractivity contribution in [2.24, 2.45) is 0 Å². The number of benzene rings is 1. The van der Waals surface area contributed by atoms with Crippen molar-refractivity contribution >= 4 is 32.6 Å². The Balaban J connectivity index is 2.28. The van der Waals surface area contributed by atoms with E-state index in [1.165, 1.54) is 22.7 Å². The summed E-state index contributed by atoms with van der Waals surface area (Å²) in [6.07, 6.45) is 1.09. The van der Waals surface area contributed by atoms with Gasteiger partial charge in [0.15, 0.2) is 5.82 Å². The van der Waals surface area contributed by atoms with Gasteiger partial charge in [0, 0.05) is 28.1 Å². The van der Waals surface area contributed by atoms with E-state index >= 15 is 0 Å². The molecule has 0 aliphatic heterocycles. The molecule has 0 atom stereocenters. The highest BCUT2D eigenvalue weighted by molar-refractivity contribution is 9.10. The second-order valence-corrected chi connectivity index (χ2v) is 5.82. The molecule has 0 bridgehead atoms. The maximum Gasteiger partial charge on any atom is 0.202 e. The summed E-state index contributed by atoms with van der Waals surface area (Å²) in [5.74, 6) is 0.803. The Hall–Kier alpha value is -0.940. The highest BCUT2D eigenvalue weighted by Crippen LogP contribution is 2.28. The molecule has 1 N–H and O–H groups in total. The Kier molecular flexibility index (Phi) is 4.35. The topological polar surface area (TPSA) is 37.8 Å². The van der Waals surface area contributed by atoms with Gasteiger partial charge in [0.1, 0.15) is 0 Å². The number of rotatable bonds is 4. The van der Waals surface area contributed by atoms with Crippen LogP contribution in [0, 0.1) is 13.8 Å². The second kappa shape index (κ2) is 5.80. The van der Waals surface area contributed by atoms with Crippen molar-refractivity contribution in [3.8, 4) is 11.4 Å². The lowest BCUT2D eigenvalue weighted by molar-refractivity contribution is 0.976. The standard InChI is InChI=1S/C13H16BrN3S/c1-4-5-15-13-16-12(17-18-13)10-6-8(2)11(14)9(3)7-10/h6-7H,4-5H2,1-3H3,(H,15,16,17). The Morgan fingerprint density at radius 1 is 1.28 bits per heavy atom. The number of halogens is 1. The molecular formula is C13H16BrN3S. The summed E-state index contributed by atoms with van der Waals surface area (Å²) in [5, 5.41) is 4.15. The van der Waals surface area contributed by atoms with Crippen molar-refractivity contribution in [2.45, 2.75) is 27.2 Å². The van der Waals surface area contributed by atoms with Crippen molar-refractivity contribution < 1.29 is 0 Å². The van der Waals surface area contributed by atoms with Crippen LogP contribution in [-0.2, 0) is 0 Å². The average molecular weight is 326 g/mol. The van der Waals surface area contributed by atoms with Crippen LogP contribution in [0.3, 0.4) is 0 Å². The average Bonchev–Trinajstić information content (AvgIpc) is 2.81. The molecule has 0 aliphatic rings. The molecule has 0 aliphatic carbocycles. The van der Waals surface area contributed by atoms with Crippen LogP contribution in [0.15, 0.2) is 16.6 Å². The lowest BCUT2D eigenvalue weighted by Gasteiger charge is -2.05. The molecule has 1 aromatic heterocycles. The van der Waals surface area contributed by atoms with E-state index in [1.807, 2.05) is 0 Å². The first-order chi connectivity index (χ1) is 8.61. The van der Waals surface area contributed by atoms with Crippen LogP contribution in [-0.4, -0.2) is 15.9 Å². The predicted octanol–water partition coefficient (Wildman–Crippen LogP) is 4.41. The maximum absolute atomic E-state index is 4.51. The van der Waals surface area contributed by atoms with Gasteiger partial charge < -0.3 is 5.32 Å². The van der Waals surface area contributed by atoms with Gasteiger partial charge in [-0.25, -0.2) is 0 Å². The highest BCUT2D eigenvalue weighted by atomic mass is 79.9. The van der Waals surface area contributed by atoms with Crippen molar-refractivity contribution in [3.63, 3.8) is 0 Å². The van der Waals surface area contributed by atoms with E-state index in [-0.39, 0.29) is 0 Å². The number of hydrogen-bond acceptors (Lipinski definition) is 4. The molecule has 5 heteroatoms. The molecule has 0 amide bonds. The third-order valence-corrected chi connectivity index (χ3v) is 4.57. The number of hydrogen-bond donors (Lipinski definition) is 1. The molecule has 0 saturated heterocycles.